The molecule has 16 unspecified atom stereocenters. The first-order valence-electron chi connectivity index (χ1n) is 45.6. The Hall–Kier alpha value is -5.65. The third-order valence-electron chi connectivity index (χ3n) is 23.9. The Balaban J connectivity index is 0.00000132. The second-order valence-corrected chi connectivity index (χ2v) is 35.2. The molecule has 17 heteroatoms. The van der Waals surface area contributed by atoms with Crippen molar-refractivity contribution in [1.29, 1.82) is 0 Å². The molecule has 0 aliphatic heterocycles. The van der Waals surface area contributed by atoms with Crippen molar-refractivity contribution in [3.8, 4) is 0 Å². The zero-order valence-electron chi connectivity index (χ0n) is 75.8. The van der Waals surface area contributed by atoms with E-state index in [0.717, 1.165) is 163 Å². The fourth-order valence-electron chi connectivity index (χ4n) is 17.9. The van der Waals surface area contributed by atoms with E-state index in [9.17, 15) is 33.6 Å². The van der Waals surface area contributed by atoms with Gasteiger partial charge in [0.05, 0.1) is 26.4 Å². The number of carbonyl (C=O) groups excluding carboxylic acids is 7. The van der Waals surface area contributed by atoms with Crippen molar-refractivity contribution < 1.29 is 71.5 Å². The lowest BCUT2D eigenvalue weighted by Crippen LogP contribution is -2.32. The van der Waals surface area contributed by atoms with Crippen molar-refractivity contribution >= 4 is 41.8 Å². The van der Waals surface area contributed by atoms with E-state index < -0.39 is 0 Å². The molecule has 0 heterocycles. The Morgan fingerprint density at radius 2 is 0.765 bits per heavy atom. The molecule has 0 amide bonds. The maximum atomic E-state index is 11.5. The quantitative estimate of drug-likeness (QED) is 0.0249. The van der Waals surface area contributed by atoms with Gasteiger partial charge in [-0.1, -0.05) is 230 Å². The van der Waals surface area contributed by atoms with Crippen LogP contribution in [0.5, 0.6) is 0 Å². The van der Waals surface area contributed by atoms with Crippen molar-refractivity contribution in [2.75, 3.05) is 53.2 Å². The van der Waals surface area contributed by atoms with Gasteiger partial charge in [0, 0.05) is 54.2 Å². The Morgan fingerprint density at radius 1 is 0.400 bits per heavy atom. The van der Waals surface area contributed by atoms with Crippen molar-refractivity contribution in [2.24, 2.45) is 94.3 Å². The average molecular weight is 1620 g/mol. The molecular weight excluding hydrogens is 1450 g/mol. The average Bonchev–Trinajstić information content (AvgIpc) is 1.60. The summed E-state index contributed by atoms with van der Waals surface area (Å²) in [5.41, 5.74) is 12.8. The number of ether oxygens (including phenoxy) is 8. The number of carbonyl (C=O) groups is 7. The number of hydrogen-bond acceptors (Lipinski definition) is 17. The Kier molecular flexibility index (Phi) is 64.8. The van der Waals surface area contributed by atoms with E-state index in [4.69, 9.17) is 49.4 Å². The Labute approximate surface area is 702 Å². The lowest BCUT2D eigenvalue weighted by molar-refractivity contribution is -0.148. The van der Waals surface area contributed by atoms with Gasteiger partial charge in [0.15, 0.2) is 0 Å². The number of esters is 7. The van der Waals surface area contributed by atoms with Crippen LogP contribution in [0.3, 0.4) is 0 Å². The SMILES string of the molecule is C=C(C)C(=O)OC1CC2CC1C1CCCC21.C=C(C)C(=O)OCC(CC)CCCC.C=C(C)C(=O)OCCCCCCCCCCN.C=C(C)C(=O)OCCCCCCCCCOC.C=CC(=O)OC(C)C(C)CC(C)CC(C)CC(C)CC(C)C.C=CC(=O)OC1CC2CC1C1CCCC21.C=CC(=O)OCCCCCCCCN. The Bertz CT molecular complexity index is 2680. The third-order valence-corrected chi connectivity index (χ3v) is 23.9. The molecule has 0 radical (unpaired) electrons. The molecule has 0 spiro atoms. The summed E-state index contributed by atoms with van der Waals surface area (Å²) < 4.78 is 41.3. The standard InChI is InChI=1S/C20H38O2.C14H27NO2.C14H26O3.C14H20O2.C13H18O2.C12H22O2.C11H21NO2/c1-9-20(21)22-19(8)18(7)13-17(6)12-16(5)11-15(4)10-14(2)3;1-13(2)14(16)17-12-10-8-6-4-3-5-7-9-11-15;1-13(2)14(15)17-12-10-8-6-4-5-7-9-11-16-3;1-8(2)14(15)16-13-7-9-6-12(13)11-5-3-4-10(9)11;1-2-13(14)15-12-7-8-6-11(12)10-5-3-4-9(8)10;1-5-7-8-11(6-2)9-14-12(13)10(3)4;1-2-11(13)14-10-8-6-4-3-5-7-9-12/h9,14-19H,1,10-13H2,2-8H3;1,3-12,15H2,2H3;1,4-12H2,2-3H3;9-13H,1,3-7H2,2H3;2,8-12H,1,3-7H2;11H,3,5-9H2,1-2,4H3;2H,1,3-10,12H2. The first-order chi connectivity index (χ1) is 54.9. The van der Waals surface area contributed by atoms with Crippen LogP contribution in [0.1, 0.15) is 340 Å². The van der Waals surface area contributed by atoms with Crippen LogP contribution in [0, 0.1) is 82.9 Å². The molecule has 115 heavy (non-hydrogen) atoms. The summed E-state index contributed by atoms with van der Waals surface area (Å²) in [6, 6.07) is 0. The lowest BCUT2D eigenvalue weighted by Gasteiger charge is -2.31. The van der Waals surface area contributed by atoms with Gasteiger partial charge in [-0.2, -0.15) is 0 Å². The van der Waals surface area contributed by atoms with Gasteiger partial charge >= 0.3 is 41.8 Å². The van der Waals surface area contributed by atoms with Crippen LogP contribution >= 0.6 is 0 Å². The van der Waals surface area contributed by atoms with Gasteiger partial charge in [-0.05, 0) is 253 Å². The van der Waals surface area contributed by atoms with E-state index in [2.05, 4.69) is 101 Å². The summed E-state index contributed by atoms with van der Waals surface area (Å²) in [6.45, 7) is 56.0. The number of fused-ring (bicyclic) bond motifs is 10. The van der Waals surface area contributed by atoms with Crippen LogP contribution < -0.4 is 11.5 Å². The summed E-state index contributed by atoms with van der Waals surface area (Å²) >= 11 is 0. The molecule has 6 aliphatic rings. The highest BCUT2D eigenvalue weighted by Crippen LogP contribution is 2.60. The maximum Gasteiger partial charge on any atom is 0.333 e. The molecule has 16 atom stereocenters. The largest absolute Gasteiger partial charge is 0.463 e. The smallest absolute Gasteiger partial charge is 0.333 e. The lowest BCUT2D eigenvalue weighted by atomic mass is 9.80. The molecule has 0 aromatic carbocycles. The minimum Gasteiger partial charge on any atom is -0.463 e. The van der Waals surface area contributed by atoms with Gasteiger partial charge < -0.3 is 49.4 Å². The van der Waals surface area contributed by atoms with Gasteiger partial charge in [0.25, 0.3) is 0 Å². The monoisotopic (exact) mass is 1620 g/mol. The van der Waals surface area contributed by atoms with Crippen LogP contribution in [0.2, 0.25) is 0 Å². The zero-order valence-corrected chi connectivity index (χ0v) is 75.8. The molecule has 6 aliphatic carbocycles. The van der Waals surface area contributed by atoms with E-state index in [0.29, 0.717) is 78.3 Å². The summed E-state index contributed by atoms with van der Waals surface area (Å²) in [7, 11) is 1.74. The van der Waals surface area contributed by atoms with Crippen molar-refractivity contribution in [3.05, 3.63) is 86.6 Å². The summed E-state index contributed by atoms with van der Waals surface area (Å²) in [5, 5.41) is 0. The van der Waals surface area contributed by atoms with E-state index >= 15 is 0 Å². The van der Waals surface area contributed by atoms with E-state index in [1.165, 1.54) is 179 Å². The highest BCUT2D eigenvalue weighted by Gasteiger charge is 2.56. The Morgan fingerprint density at radius 3 is 1.15 bits per heavy atom. The molecule has 664 valence electrons. The second-order valence-electron chi connectivity index (χ2n) is 35.2. The summed E-state index contributed by atoms with van der Waals surface area (Å²) in [6.07, 6.45) is 51.6. The van der Waals surface area contributed by atoms with Gasteiger partial charge in [-0.25, -0.2) is 33.6 Å². The van der Waals surface area contributed by atoms with Gasteiger partial charge in [-0.3, -0.25) is 0 Å². The first kappa shape index (κ1) is 109. The van der Waals surface area contributed by atoms with Crippen molar-refractivity contribution in [3.63, 3.8) is 0 Å². The molecular formula is C98H172N2O15. The van der Waals surface area contributed by atoms with Crippen LogP contribution in [0.15, 0.2) is 86.6 Å². The van der Waals surface area contributed by atoms with E-state index in [-0.39, 0.29) is 60.1 Å². The number of rotatable bonds is 53. The van der Waals surface area contributed by atoms with Gasteiger partial charge in [0.1, 0.15) is 18.3 Å². The molecule has 6 saturated carbocycles. The summed E-state index contributed by atoms with van der Waals surface area (Å²) in [4.78, 5) is 77.8. The van der Waals surface area contributed by atoms with Crippen molar-refractivity contribution in [1.82, 2.24) is 0 Å². The van der Waals surface area contributed by atoms with Crippen LogP contribution in [-0.2, 0) is 71.5 Å². The zero-order chi connectivity index (χ0) is 86.5. The number of nitrogens with two attached hydrogens (primary N) is 2. The number of unbranched alkanes of at least 4 members (excludes halogenated alkanes) is 19. The predicted molar refractivity (Wildman–Crippen MR) is 473 cm³/mol. The fourth-order valence-corrected chi connectivity index (χ4v) is 17.9. The van der Waals surface area contributed by atoms with Crippen molar-refractivity contribution in [2.45, 2.75) is 359 Å². The van der Waals surface area contributed by atoms with E-state index in [1.807, 2.05) is 6.92 Å². The third kappa shape index (κ3) is 52.1. The van der Waals surface area contributed by atoms with Crippen LogP contribution in [-0.4, -0.2) is 113 Å². The molecule has 4 bridgehead atoms. The number of methoxy groups -OCH3 is 1. The minimum atomic E-state index is -0.326. The van der Waals surface area contributed by atoms with Gasteiger partial charge in [0.2, 0.25) is 0 Å². The highest BCUT2D eigenvalue weighted by molar-refractivity contribution is 5.88. The topological polar surface area (TPSA) is 245 Å². The summed E-state index contributed by atoms with van der Waals surface area (Å²) in [5.74, 6) is 8.76. The predicted octanol–water partition coefficient (Wildman–Crippen LogP) is 23.3. The maximum absolute atomic E-state index is 11.5. The molecule has 0 saturated heterocycles. The van der Waals surface area contributed by atoms with Crippen LogP contribution in [0.4, 0.5) is 0 Å². The van der Waals surface area contributed by atoms with Gasteiger partial charge in [-0.15, -0.1) is 0 Å². The highest BCUT2D eigenvalue weighted by atomic mass is 16.6. The minimum absolute atomic E-state index is 0.0388. The fraction of sp³-hybridized carbons (Fsp3) is 0.786. The normalized spacial score (nSPS) is 21.5. The molecule has 0 aromatic rings. The molecule has 17 nitrogen and oxygen atoms in total. The number of hydrogen-bond donors (Lipinski definition) is 2. The molecule has 6 rings (SSSR count). The molecule has 0 aromatic heterocycles. The molecule has 4 N–H and O–H groups in total. The second kappa shape index (κ2) is 68.2. The first-order valence-corrected chi connectivity index (χ1v) is 45.6. The van der Waals surface area contributed by atoms with E-state index in [1.54, 1.807) is 34.8 Å². The van der Waals surface area contributed by atoms with Crippen LogP contribution in [0.25, 0.3) is 0 Å². The molecule has 6 fully saturated rings.